The zero-order chi connectivity index (χ0) is 13.8. The molecule has 19 heavy (non-hydrogen) atoms. The zero-order valence-corrected chi connectivity index (χ0v) is 12.1. The molecule has 0 saturated heterocycles. The van der Waals surface area contributed by atoms with Gasteiger partial charge < -0.3 is 14.5 Å². The van der Waals surface area contributed by atoms with Gasteiger partial charge in [0, 0.05) is 6.54 Å². The quantitative estimate of drug-likeness (QED) is 0.886. The highest BCUT2D eigenvalue weighted by Crippen LogP contribution is 2.31. The number of hydrogen-bond acceptors (Lipinski definition) is 4. The number of aromatic nitrogens is 2. The van der Waals surface area contributed by atoms with Crippen LogP contribution in [0.1, 0.15) is 30.8 Å². The molecule has 1 N–H and O–H groups in total. The summed E-state index contributed by atoms with van der Waals surface area (Å²) in [4.78, 5) is 0. The van der Waals surface area contributed by atoms with Crippen LogP contribution in [0.25, 0.3) is 0 Å². The summed E-state index contributed by atoms with van der Waals surface area (Å²) < 4.78 is 12.8. The van der Waals surface area contributed by atoms with E-state index in [1.807, 2.05) is 17.8 Å². The van der Waals surface area contributed by atoms with Crippen molar-refractivity contribution in [3.05, 3.63) is 35.0 Å². The van der Waals surface area contributed by atoms with Crippen molar-refractivity contribution in [2.75, 3.05) is 14.2 Å². The van der Waals surface area contributed by atoms with Gasteiger partial charge in [-0.05, 0) is 37.2 Å². The molecule has 104 valence electrons. The van der Waals surface area contributed by atoms with E-state index in [1.54, 1.807) is 19.4 Å². The van der Waals surface area contributed by atoms with E-state index < -0.39 is 0 Å². The Kier molecular flexibility index (Phi) is 4.50. The Labute approximate surface area is 117 Å². The Balaban J connectivity index is 2.44. The number of hydrogen-bond donors (Lipinski definition) is 1. The minimum Gasteiger partial charge on any atom is -0.493 e. The van der Waals surface area contributed by atoms with E-state index in [2.05, 4.69) is 17.3 Å². The van der Waals surface area contributed by atoms with Crippen LogP contribution in [0.15, 0.2) is 22.7 Å². The summed E-state index contributed by atoms with van der Waals surface area (Å²) in [5.41, 5.74) is 0.942. The van der Waals surface area contributed by atoms with Crippen molar-refractivity contribution < 1.29 is 9.15 Å². The van der Waals surface area contributed by atoms with Crippen LogP contribution >= 0.6 is 11.6 Å². The summed E-state index contributed by atoms with van der Waals surface area (Å²) in [6.07, 6.45) is 2.72. The van der Waals surface area contributed by atoms with E-state index in [0.717, 1.165) is 30.2 Å². The number of furan rings is 1. The standard InChI is InChI=1S/C13H18ClN3O2/c1-4-7-17-13(10(18-3)8-16-17)12(15-2)9-5-6-11(14)19-9/h5-6,8,12,15H,4,7H2,1-3H3. The Bertz CT molecular complexity index is 536. The fourth-order valence-electron chi connectivity index (χ4n) is 2.11. The SMILES string of the molecule is CCCn1ncc(OC)c1C(NC)c1ccc(Cl)o1. The van der Waals surface area contributed by atoms with Gasteiger partial charge in [-0.1, -0.05) is 6.92 Å². The summed E-state index contributed by atoms with van der Waals surface area (Å²) in [5.74, 6) is 1.48. The second-order valence-corrected chi connectivity index (χ2v) is 4.56. The lowest BCUT2D eigenvalue weighted by atomic mass is 10.1. The molecule has 0 spiro atoms. The molecule has 1 unspecified atom stereocenters. The summed E-state index contributed by atoms with van der Waals surface area (Å²) >= 11 is 5.85. The van der Waals surface area contributed by atoms with Crippen LogP contribution in [0.4, 0.5) is 0 Å². The first-order valence-corrected chi connectivity index (χ1v) is 6.61. The molecule has 0 aromatic carbocycles. The van der Waals surface area contributed by atoms with Gasteiger partial charge in [-0.25, -0.2) is 0 Å². The second kappa shape index (κ2) is 6.12. The molecule has 0 amide bonds. The second-order valence-electron chi connectivity index (χ2n) is 4.18. The molecule has 0 bridgehead atoms. The van der Waals surface area contributed by atoms with E-state index in [-0.39, 0.29) is 6.04 Å². The van der Waals surface area contributed by atoms with Gasteiger partial charge >= 0.3 is 0 Å². The normalized spacial score (nSPS) is 12.6. The molecular formula is C13H18ClN3O2. The van der Waals surface area contributed by atoms with Crippen molar-refractivity contribution in [1.82, 2.24) is 15.1 Å². The van der Waals surface area contributed by atoms with Gasteiger partial charge in [0.15, 0.2) is 11.0 Å². The van der Waals surface area contributed by atoms with Crippen molar-refractivity contribution in [2.24, 2.45) is 0 Å². The largest absolute Gasteiger partial charge is 0.493 e. The zero-order valence-electron chi connectivity index (χ0n) is 11.3. The number of nitrogens with zero attached hydrogens (tertiary/aromatic N) is 2. The lowest BCUT2D eigenvalue weighted by Crippen LogP contribution is -2.21. The lowest BCUT2D eigenvalue weighted by Gasteiger charge is -2.17. The predicted molar refractivity (Wildman–Crippen MR) is 73.7 cm³/mol. The summed E-state index contributed by atoms with van der Waals surface area (Å²) in [7, 11) is 3.50. The van der Waals surface area contributed by atoms with Crippen LogP contribution in [0.3, 0.4) is 0 Å². The topological polar surface area (TPSA) is 52.2 Å². The molecule has 0 aliphatic carbocycles. The minimum atomic E-state index is -0.142. The molecule has 0 radical (unpaired) electrons. The molecule has 0 aliphatic heterocycles. The highest BCUT2D eigenvalue weighted by atomic mass is 35.5. The van der Waals surface area contributed by atoms with Gasteiger partial charge in [-0.15, -0.1) is 0 Å². The monoisotopic (exact) mass is 283 g/mol. The molecule has 6 heteroatoms. The third-order valence-corrected chi connectivity index (χ3v) is 3.14. The van der Waals surface area contributed by atoms with Crippen molar-refractivity contribution in [3.63, 3.8) is 0 Å². The van der Waals surface area contributed by atoms with Crippen LogP contribution in [0, 0.1) is 0 Å². The van der Waals surface area contributed by atoms with Crippen molar-refractivity contribution in [1.29, 1.82) is 0 Å². The maximum Gasteiger partial charge on any atom is 0.193 e. The Morgan fingerprint density at radius 3 is 2.84 bits per heavy atom. The first-order valence-electron chi connectivity index (χ1n) is 6.23. The summed E-state index contributed by atoms with van der Waals surface area (Å²) in [5, 5.41) is 7.94. The van der Waals surface area contributed by atoms with Gasteiger partial charge in [0.05, 0.1) is 13.3 Å². The molecule has 2 heterocycles. The lowest BCUT2D eigenvalue weighted by molar-refractivity contribution is 0.387. The van der Waals surface area contributed by atoms with Gasteiger partial charge in [0.25, 0.3) is 0 Å². The average molecular weight is 284 g/mol. The smallest absolute Gasteiger partial charge is 0.193 e. The number of rotatable bonds is 6. The van der Waals surface area contributed by atoms with Crippen LogP contribution in [0.5, 0.6) is 5.75 Å². The number of nitrogens with one attached hydrogen (secondary N) is 1. The van der Waals surface area contributed by atoms with E-state index in [9.17, 15) is 0 Å². The highest BCUT2D eigenvalue weighted by molar-refractivity contribution is 6.28. The van der Waals surface area contributed by atoms with Gasteiger partial charge in [0.1, 0.15) is 17.5 Å². The molecule has 2 aromatic heterocycles. The molecule has 1 atom stereocenters. The molecule has 0 fully saturated rings. The number of halogens is 1. The summed E-state index contributed by atoms with van der Waals surface area (Å²) in [6, 6.07) is 3.44. The number of ether oxygens (including phenoxy) is 1. The molecule has 0 aliphatic rings. The van der Waals surface area contributed by atoms with Crippen LogP contribution in [-0.4, -0.2) is 23.9 Å². The number of methoxy groups -OCH3 is 1. The molecule has 0 saturated carbocycles. The molecule has 2 aromatic rings. The Hall–Kier alpha value is -1.46. The maximum absolute atomic E-state index is 5.85. The average Bonchev–Trinajstić information content (AvgIpc) is 2.99. The van der Waals surface area contributed by atoms with Crippen LogP contribution < -0.4 is 10.1 Å². The summed E-state index contributed by atoms with van der Waals surface area (Å²) in [6.45, 7) is 2.93. The predicted octanol–water partition coefficient (Wildman–Crippen LogP) is 2.86. The van der Waals surface area contributed by atoms with Gasteiger partial charge in [0.2, 0.25) is 0 Å². The van der Waals surface area contributed by atoms with Gasteiger partial charge in [-0.3, -0.25) is 4.68 Å². The third-order valence-electron chi connectivity index (χ3n) is 2.94. The highest BCUT2D eigenvalue weighted by Gasteiger charge is 2.24. The van der Waals surface area contributed by atoms with E-state index in [0.29, 0.717) is 5.22 Å². The van der Waals surface area contributed by atoms with E-state index >= 15 is 0 Å². The van der Waals surface area contributed by atoms with Gasteiger partial charge in [-0.2, -0.15) is 5.10 Å². The molecule has 5 nitrogen and oxygen atoms in total. The maximum atomic E-state index is 5.85. The Morgan fingerprint density at radius 2 is 2.32 bits per heavy atom. The van der Waals surface area contributed by atoms with E-state index in [4.69, 9.17) is 20.8 Å². The Morgan fingerprint density at radius 1 is 1.53 bits per heavy atom. The van der Waals surface area contributed by atoms with Crippen LogP contribution in [0.2, 0.25) is 5.22 Å². The van der Waals surface area contributed by atoms with Crippen LogP contribution in [-0.2, 0) is 6.54 Å². The number of aryl methyl sites for hydroxylation is 1. The first-order chi connectivity index (χ1) is 9.21. The fourth-order valence-corrected chi connectivity index (χ4v) is 2.27. The molecule has 2 rings (SSSR count). The minimum absolute atomic E-state index is 0.142. The molecular weight excluding hydrogens is 266 g/mol. The van der Waals surface area contributed by atoms with Crippen molar-refractivity contribution in [3.8, 4) is 5.75 Å². The third kappa shape index (κ3) is 2.77. The van der Waals surface area contributed by atoms with Crippen molar-refractivity contribution in [2.45, 2.75) is 25.9 Å². The first kappa shape index (κ1) is 14.0. The fraction of sp³-hybridized carbons (Fsp3) is 0.462. The van der Waals surface area contributed by atoms with E-state index in [1.165, 1.54) is 0 Å². The van der Waals surface area contributed by atoms with Crippen molar-refractivity contribution >= 4 is 11.6 Å².